The van der Waals surface area contributed by atoms with Crippen LogP contribution in [0.15, 0.2) is 17.8 Å². The Bertz CT molecular complexity index is 660. The highest BCUT2D eigenvalue weighted by atomic mass is 32.1. The van der Waals surface area contributed by atoms with Crippen LogP contribution in [0, 0.1) is 12.8 Å². The van der Waals surface area contributed by atoms with E-state index in [4.69, 9.17) is 0 Å². The molecule has 0 spiro atoms. The van der Waals surface area contributed by atoms with Crippen molar-refractivity contribution in [1.29, 1.82) is 0 Å². The van der Waals surface area contributed by atoms with E-state index in [9.17, 15) is 4.79 Å². The van der Waals surface area contributed by atoms with Crippen molar-refractivity contribution in [2.45, 2.75) is 39.3 Å². The zero-order valence-electron chi connectivity index (χ0n) is 13.1. The molecular formula is C15H21N5OS. The Labute approximate surface area is 134 Å². The lowest BCUT2D eigenvalue weighted by Gasteiger charge is -2.20. The first-order valence-electron chi connectivity index (χ1n) is 7.51. The smallest absolute Gasteiger partial charge is 0.322 e. The second kappa shape index (κ2) is 6.08. The Morgan fingerprint density at radius 1 is 1.59 bits per heavy atom. The fourth-order valence-corrected chi connectivity index (χ4v) is 3.32. The molecule has 0 aromatic carbocycles. The monoisotopic (exact) mass is 319 g/mol. The Morgan fingerprint density at radius 3 is 3.00 bits per heavy atom. The van der Waals surface area contributed by atoms with Gasteiger partial charge in [-0.3, -0.25) is 5.32 Å². The molecule has 1 atom stereocenters. The summed E-state index contributed by atoms with van der Waals surface area (Å²) >= 11 is 1.57. The molecule has 0 aliphatic heterocycles. The van der Waals surface area contributed by atoms with E-state index < -0.39 is 0 Å². The molecule has 2 amide bonds. The van der Waals surface area contributed by atoms with Gasteiger partial charge in [0, 0.05) is 18.0 Å². The second-order valence-corrected chi connectivity index (χ2v) is 6.83. The van der Waals surface area contributed by atoms with Crippen LogP contribution in [-0.4, -0.2) is 32.7 Å². The molecule has 0 bridgehead atoms. The van der Waals surface area contributed by atoms with Crippen molar-refractivity contribution in [3.05, 3.63) is 28.3 Å². The molecule has 7 heteroatoms. The van der Waals surface area contributed by atoms with Crippen LogP contribution in [0.4, 0.5) is 10.6 Å². The zero-order valence-corrected chi connectivity index (χ0v) is 13.9. The van der Waals surface area contributed by atoms with Crippen LogP contribution in [0.5, 0.6) is 0 Å². The molecule has 1 unspecified atom stereocenters. The van der Waals surface area contributed by atoms with Gasteiger partial charge in [-0.05, 0) is 32.6 Å². The van der Waals surface area contributed by atoms with Crippen LogP contribution in [0.1, 0.15) is 36.4 Å². The molecule has 1 aliphatic rings. The molecule has 2 aromatic heterocycles. The van der Waals surface area contributed by atoms with Crippen molar-refractivity contribution in [2.75, 3.05) is 12.4 Å². The molecule has 1 fully saturated rings. The third kappa shape index (κ3) is 3.14. The third-order valence-electron chi connectivity index (χ3n) is 4.17. The molecule has 6 nitrogen and oxygen atoms in total. The molecule has 118 valence electrons. The van der Waals surface area contributed by atoms with Crippen molar-refractivity contribution in [3.8, 4) is 0 Å². The first-order chi connectivity index (χ1) is 10.6. The summed E-state index contributed by atoms with van der Waals surface area (Å²) in [7, 11) is 1.79. The topological polar surface area (TPSA) is 63.1 Å². The highest BCUT2D eigenvalue weighted by Crippen LogP contribution is 2.40. The van der Waals surface area contributed by atoms with Crippen molar-refractivity contribution in [1.82, 2.24) is 19.7 Å². The minimum Gasteiger partial charge on any atom is -0.322 e. The van der Waals surface area contributed by atoms with Gasteiger partial charge in [0.1, 0.15) is 5.82 Å². The first kappa shape index (κ1) is 15.0. The third-order valence-corrected chi connectivity index (χ3v) is 5.09. The Kier molecular flexibility index (Phi) is 4.15. The maximum atomic E-state index is 12.4. The van der Waals surface area contributed by atoms with Crippen LogP contribution >= 0.6 is 11.3 Å². The number of aryl methyl sites for hydroxylation is 1. The van der Waals surface area contributed by atoms with E-state index >= 15 is 0 Å². The first-order valence-corrected chi connectivity index (χ1v) is 8.39. The van der Waals surface area contributed by atoms with Crippen LogP contribution in [0.2, 0.25) is 0 Å². The van der Waals surface area contributed by atoms with E-state index in [2.05, 4.69) is 22.3 Å². The lowest BCUT2D eigenvalue weighted by Crippen LogP contribution is -2.32. The van der Waals surface area contributed by atoms with E-state index in [1.54, 1.807) is 29.5 Å². The fraction of sp³-hybridized carbons (Fsp3) is 0.533. The molecule has 1 saturated carbocycles. The number of hydrogen-bond acceptors (Lipinski definition) is 4. The largest absolute Gasteiger partial charge is 0.323 e. The van der Waals surface area contributed by atoms with Gasteiger partial charge in [-0.1, -0.05) is 0 Å². The summed E-state index contributed by atoms with van der Waals surface area (Å²) in [6.07, 6.45) is 4.24. The molecule has 3 rings (SSSR count). The van der Waals surface area contributed by atoms with Gasteiger partial charge in [0.25, 0.3) is 0 Å². The van der Waals surface area contributed by atoms with Gasteiger partial charge in [0.05, 0.1) is 30.0 Å². The minimum atomic E-state index is -0.127. The average Bonchev–Trinajstić information content (AvgIpc) is 3.13. The van der Waals surface area contributed by atoms with Crippen molar-refractivity contribution < 1.29 is 4.79 Å². The van der Waals surface area contributed by atoms with Crippen LogP contribution < -0.4 is 5.32 Å². The molecule has 1 N–H and O–H groups in total. The number of aromatic nitrogens is 3. The normalized spacial score (nSPS) is 15.6. The zero-order chi connectivity index (χ0) is 15.7. The number of carbonyl (C=O) groups is 1. The standard InChI is InChI=1S/C15H21N5OS/c1-10-13(22-9-16-10)8-19(3)15(21)18-14-6-7-17-20(14)11(2)12-4-5-12/h6-7,9,11-12H,4-5,8H2,1-3H3,(H,18,21). The number of thiazole rings is 1. The van der Waals surface area contributed by atoms with E-state index in [-0.39, 0.29) is 6.03 Å². The summed E-state index contributed by atoms with van der Waals surface area (Å²) in [4.78, 5) is 19.4. The van der Waals surface area contributed by atoms with E-state index in [1.807, 2.05) is 23.2 Å². The van der Waals surface area contributed by atoms with Gasteiger partial charge in [-0.25, -0.2) is 14.5 Å². The number of urea groups is 1. The Balaban J connectivity index is 1.64. The molecule has 2 aromatic rings. The van der Waals surface area contributed by atoms with E-state index in [0.717, 1.165) is 16.4 Å². The summed E-state index contributed by atoms with van der Waals surface area (Å²) in [5.41, 5.74) is 2.79. The van der Waals surface area contributed by atoms with Crippen LogP contribution in [0.25, 0.3) is 0 Å². The number of nitrogens with one attached hydrogen (secondary N) is 1. The summed E-state index contributed by atoms with van der Waals surface area (Å²) in [5.74, 6) is 1.45. The van der Waals surface area contributed by atoms with Crippen LogP contribution in [0.3, 0.4) is 0 Å². The maximum absolute atomic E-state index is 12.4. The number of carbonyl (C=O) groups excluding carboxylic acids is 1. The van der Waals surface area contributed by atoms with Crippen molar-refractivity contribution >= 4 is 23.2 Å². The summed E-state index contributed by atoms with van der Waals surface area (Å²) in [6, 6.07) is 2.06. The van der Waals surface area contributed by atoms with Crippen molar-refractivity contribution in [3.63, 3.8) is 0 Å². The van der Waals surface area contributed by atoms with E-state index in [0.29, 0.717) is 18.5 Å². The lowest BCUT2D eigenvalue weighted by molar-refractivity contribution is 0.220. The minimum absolute atomic E-state index is 0.127. The Morgan fingerprint density at radius 2 is 2.36 bits per heavy atom. The summed E-state index contributed by atoms with van der Waals surface area (Å²) in [6.45, 7) is 4.68. The number of amides is 2. The molecule has 0 saturated heterocycles. The molecule has 1 aliphatic carbocycles. The SMILES string of the molecule is Cc1ncsc1CN(C)C(=O)Nc1ccnn1C(C)C1CC1. The average molecular weight is 319 g/mol. The fourth-order valence-electron chi connectivity index (χ4n) is 2.49. The number of nitrogens with zero attached hydrogens (tertiary/aromatic N) is 4. The molecular weight excluding hydrogens is 298 g/mol. The number of rotatable bonds is 5. The molecule has 0 radical (unpaired) electrons. The number of hydrogen-bond donors (Lipinski definition) is 1. The van der Waals surface area contributed by atoms with Crippen molar-refractivity contribution in [2.24, 2.45) is 5.92 Å². The van der Waals surface area contributed by atoms with Crippen LogP contribution in [-0.2, 0) is 6.54 Å². The van der Waals surface area contributed by atoms with Gasteiger partial charge >= 0.3 is 6.03 Å². The molecule has 2 heterocycles. The lowest BCUT2D eigenvalue weighted by atomic mass is 10.2. The molecule has 22 heavy (non-hydrogen) atoms. The summed E-state index contributed by atoms with van der Waals surface area (Å²) in [5, 5.41) is 7.31. The highest BCUT2D eigenvalue weighted by molar-refractivity contribution is 7.09. The predicted molar refractivity (Wildman–Crippen MR) is 87.0 cm³/mol. The van der Waals surface area contributed by atoms with Gasteiger partial charge in [-0.2, -0.15) is 5.10 Å². The number of anilines is 1. The van der Waals surface area contributed by atoms with E-state index in [1.165, 1.54) is 12.8 Å². The van der Waals surface area contributed by atoms with Gasteiger partial charge in [-0.15, -0.1) is 11.3 Å². The summed E-state index contributed by atoms with van der Waals surface area (Å²) < 4.78 is 1.92. The van der Waals surface area contributed by atoms with Gasteiger partial charge in [0.15, 0.2) is 0 Å². The Hall–Kier alpha value is -1.89. The highest BCUT2D eigenvalue weighted by Gasteiger charge is 2.30. The predicted octanol–water partition coefficient (Wildman–Crippen LogP) is 3.28. The van der Waals surface area contributed by atoms with Gasteiger partial charge < -0.3 is 4.90 Å². The maximum Gasteiger partial charge on any atom is 0.323 e. The van der Waals surface area contributed by atoms with Gasteiger partial charge in [0.2, 0.25) is 0 Å². The second-order valence-electron chi connectivity index (χ2n) is 5.89. The quantitative estimate of drug-likeness (QED) is 0.920.